The molecule has 94 valence electrons. The van der Waals surface area contributed by atoms with Crippen molar-refractivity contribution in [1.29, 1.82) is 0 Å². The minimum atomic E-state index is -0.670. The minimum Gasteiger partial charge on any atom is -0.288 e. The molecule has 6 nitrogen and oxygen atoms in total. The van der Waals surface area contributed by atoms with E-state index in [4.69, 9.17) is 11.6 Å². The average Bonchev–Trinajstić information content (AvgIpc) is 2.57. The summed E-state index contributed by atoms with van der Waals surface area (Å²) in [5, 5.41) is 13.3. The molecule has 0 saturated carbocycles. The van der Waals surface area contributed by atoms with Crippen LogP contribution in [-0.4, -0.2) is 22.1 Å². The van der Waals surface area contributed by atoms with E-state index in [0.717, 1.165) is 6.07 Å². The number of hydrogen-bond acceptors (Lipinski definition) is 4. The van der Waals surface area contributed by atoms with Crippen molar-refractivity contribution in [2.75, 3.05) is 5.33 Å². The fourth-order valence-corrected chi connectivity index (χ4v) is 2.54. The van der Waals surface area contributed by atoms with Crippen LogP contribution in [0.15, 0.2) is 6.07 Å². The highest BCUT2D eigenvalue weighted by Gasteiger charge is 2.34. The van der Waals surface area contributed by atoms with Gasteiger partial charge in [-0.2, -0.15) is 0 Å². The average molecular weight is 334 g/mol. The molecule has 0 saturated heterocycles. The summed E-state index contributed by atoms with van der Waals surface area (Å²) in [6.07, 6.45) is 0.323. The maximum absolute atomic E-state index is 11.6. The summed E-state index contributed by atoms with van der Waals surface area (Å²) >= 11 is 9.11. The number of carbonyl (C=O) groups is 2. The van der Waals surface area contributed by atoms with E-state index >= 15 is 0 Å². The van der Waals surface area contributed by atoms with Crippen LogP contribution in [0.25, 0.3) is 0 Å². The molecule has 1 aromatic rings. The second kappa shape index (κ2) is 4.66. The van der Waals surface area contributed by atoms with Crippen molar-refractivity contribution in [1.82, 2.24) is 5.32 Å². The van der Waals surface area contributed by atoms with Gasteiger partial charge in [0.2, 0.25) is 0 Å². The number of benzene rings is 1. The van der Waals surface area contributed by atoms with Crippen LogP contribution in [-0.2, 0) is 6.42 Å². The molecule has 0 bridgehead atoms. The molecule has 2 rings (SSSR count). The van der Waals surface area contributed by atoms with E-state index < -0.39 is 16.7 Å². The molecule has 0 fully saturated rings. The lowest BCUT2D eigenvalue weighted by molar-refractivity contribution is -0.384. The first kappa shape index (κ1) is 13.0. The Balaban J connectivity index is 2.77. The number of rotatable bonds is 3. The molecule has 8 heteroatoms. The van der Waals surface area contributed by atoms with E-state index in [2.05, 4.69) is 21.2 Å². The zero-order valence-corrected chi connectivity index (χ0v) is 11.2. The summed E-state index contributed by atoms with van der Waals surface area (Å²) in [7, 11) is 0. The third kappa shape index (κ3) is 1.89. The van der Waals surface area contributed by atoms with E-state index in [-0.39, 0.29) is 21.8 Å². The Morgan fingerprint density at radius 3 is 2.61 bits per heavy atom. The van der Waals surface area contributed by atoms with Crippen LogP contribution in [0, 0.1) is 10.1 Å². The summed E-state index contributed by atoms with van der Waals surface area (Å²) in [5.41, 5.74) is 0.0967. The summed E-state index contributed by atoms with van der Waals surface area (Å²) in [6, 6.07) is 1.04. The lowest BCUT2D eigenvalue weighted by atomic mass is 9.99. The fraction of sp³-hybridized carbons (Fsp3) is 0.200. The number of halogens is 2. The molecule has 0 radical (unpaired) electrons. The predicted octanol–water partition coefficient (Wildman–Crippen LogP) is 2.07. The van der Waals surface area contributed by atoms with Crippen LogP contribution in [0.1, 0.15) is 26.3 Å². The standard InChI is InChI=1S/C10H6BrClN2O4/c11-2-1-4-7-5(9(15)13-10(7)16)3-6(8(4)12)14(17)18/h3H,1-2H2,(H,13,15,16). The fourth-order valence-electron chi connectivity index (χ4n) is 1.83. The molecule has 0 atom stereocenters. The molecule has 18 heavy (non-hydrogen) atoms. The van der Waals surface area contributed by atoms with Gasteiger partial charge in [-0.1, -0.05) is 27.5 Å². The van der Waals surface area contributed by atoms with Crippen LogP contribution in [0.4, 0.5) is 5.69 Å². The monoisotopic (exact) mass is 332 g/mol. The molecule has 2 amide bonds. The highest BCUT2D eigenvalue weighted by atomic mass is 79.9. The Labute approximate surface area is 115 Å². The lowest BCUT2D eigenvalue weighted by Crippen LogP contribution is -2.20. The number of amides is 2. The van der Waals surface area contributed by atoms with E-state index in [9.17, 15) is 19.7 Å². The van der Waals surface area contributed by atoms with Crippen LogP contribution in [0.2, 0.25) is 5.02 Å². The van der Waals surface area contributed by atoms with Gasteiger partial charge < -0.3 is 0 Å². The molecule has 1 aliphatic heterocycles. The zero-order valence-electron chi connectivity index (χ0n) is 8.83. The van der Waals surface area contributed by atoms with Crippen molar-refractivity contribution in [2.45, 2.75) is 6.42 Å². The maximum atomic E-state index is 11.6. The van der Waals surface area contributed by atoms with Crippen molar-refractivity contribution < 1.29 is 14.5 Å². The van der Waals surface area contributed by atoms with Crippen LogP contribution >= 0.6 is 27.5 Å². The van der Waals surface area contributed by atoms with Crippen molar-refractivity contribution in [3.8, 4) is 0 Å². The Bertz CT molecular complexity index is 588. The van der Waals surface area contributed by atoms with Gasteiger partial charge in [0, 0.05) is 11.4 Å². The lowest BCUT2D eigenvalue weighted by Gasteiger charge is -2.07. The minimum absolute atomic E-state index is 0.00653. The number of hydrogen-bond donors (Lipinski definition) is 1. The summed E-state index contributed by atoms with van der Waals surface area (Å²) < 4.78 is 0. The second-order valence-electron chi connectivity index (χ2n) is 3.59. The van der Waals surface area contributed by atoms with Gasteiger partial charge in [-0.15, -0.1) is 0 Å². The number of alkyl halides is 1. The SMILES string of the molecule is O=C1NC(=O)c2c1cc([N+](=O)[O-])c(Cl)c2CCBr. The van der Waals surface area contributed by atoms with Crippen LogP contribution in [0.5, 0.6) is 0 Å². The summed E-state index contributed by atoms with van der Waals surface area (Å²) in [5.74, 6) is -1.20. The first-order valence-electron chi connectivity index (χ1n) is 4.88. The summed E-state index contributed by atoms with van der Waals surface area (Å²) in [6.45, 7) is 0. The molecule has 0 aliphatic carbocycles. The van der Waals surface area contributed by atoms with Gasteiger partial charge in [0.25, 0.3) is 17.5 Å². The van der Waals surface area contributed by atoms with Gasteiger partial charge in [-0.3, -0.25) is 25.0 Å². The molecule has 1 heterocycles. The predicted molar refractivity (Wildman–Crippen MR) is 67.4 cm³/mol. The van der Waals surface area contributed by atoms with E-state index in [1.54, 1.807) is 0 Å². The van der Waals surface area contributed by atoms with E-state index in [1.807, 2.05) is 0 Å². The van der Waals surface area contributed by atoms with Gasteiger partial charge in [0.1, 0.15) is 5.02 Å². The largest absolute Gasteiger partial charge is 0.289 e. The number of nitro groups is 1. The third-order valence-corrected chi connectivity index (χ3v) is 3.40. The molecule has 0 aromatic heterocycles. The normalized spacial score (nSPS) is 13.4. The van der Waals surface area contributed by atoms with Crippen molar-refractivity contribution in [3.05, 3.63) is 37.9 Å². The van der Waals surface area contributed by atoms with Gasteiger partial charge in [0.05, 0.1) is 16.1 Å². The Kier molecular flexibility index (Phi) is 3.36. The first-order chi connectivity index (χ1) is 8.47. The highest BCUT2D eigenvalue weighted by molar-refractivity contribution is 9.09. The Morgan fingerprint density at radius 1 is 1.39 bits per heavy atom. The van der Waals surface area contributed by atoms with Gasteiger partial charge in [-0.05, 0) is 12.0 Å². The van der Waals surface area contributed by atoms with E-state index in [1.165, 1.54) is 0 Å². The molecule has 1 aliphatic rings. The summed E-state index contributed by atoms with van der Waals surface area (Å²) in [4.78, 5) is 33.3. The third-order valence-electron chi connectivity index (χ3n) is 2.58. The highest BCUT2D eigenvalue weighted by Crippen LogP contribution is 2.35. The number of nitro benzene ring substituents is 1. The van der Waals surface area contributed by atoms with Gasteiger partial charge >= 0.3 is 0 Å². The van der Waals surface area contributed by atoms with E-state index in [0.29, 0.717) is 17.3 Å². The Hall–Kier alpha value is -1.47. The van der Waals surface area contributed by atoms with Crippen molar-refractivity contribution >= 4 is 45.0 Å². The van der Waals surface area contributed by atoms with Crippen LogP contribution in [0.3, 0.4) is 0 Å². The number of carbonyl (C=O) groups excluding carboxylic acids is 2. The number of imide groups is 1. The van der Waals surface area contributed by atoms with Gasteiger partial charge in [0.15, 0.2) is 0 Å². The number of fused-ring (bicyclic) bond motifs is 1. The van der Waals surface area contributed by atoms with Crippen molar-refractivity contribution in [2.24, 2.45) is 0 Å². The molecule has 0 unspecified atom stereocenters. The van der Waals surface area contributed by atoms with Gasteiger partial charge in [-0.25, -0.2) is 0 Å². The second-order valence-corrected chi connectivity index (χ2v) is 4.76. The molecular weight excluding hydrogens is 327 g/mol. The maximum Gasteiger partial charge on any atom is 0.289 e. The Morgan fingerprint density at radius 2 is 2.06 bits per heavy atom. The molecular formula is C10H6BrClN2O4. The first-order valence-corrected chi connectivity index (χ1v) is 6.38. The smallest absolute Gasteiger partial charge is 0.288 e. The topological polar surface area (TPSA) is 89.3 Å². The molecule has 1 aromatic carbocycles. The molecule has 1 N–H and O–H groups in total. The van der Waals surface area contributed by atoms with Crippen molar-refractivity contribution in [3.63, 3.8) is 0 Å². The number of nitrogens with zero attached hydrogens (tertiary/aromatic N) is 1. The van der Waals surface area contributed by atoms with Crippen LogP contribution < -0.4 is 5.32 Å². The zero-order chi connectivity index (χ0) is 13.4. The quantitative estimate of drug-likeness (QED) is 0.397. The number of nitrogens with one attached hydrogen (secondary N) is 1. The molecule has 0 spiro atoms.